The van der Waals surface area contributed by atoms with Crippen molar-refractivity contribution in [3.05, 3.63) is 41.5 Å². The first kappa shape index (κ1) is 14.0. The minimum Gasteiger partial charge on any atom is -0.496 e. The molecule has 1 aromatic carbocycles. The van der Waals surface area contributed by atoms with Gasteiger partial charge in [-0.3, -0.25) is 4.90 Å². The van der Waals surface area contributed by atoms with E-state index in [9.17, 15) is 0 Å². The van der Waals surface area contributed by atoms with E-state index >= 15 is 0 Å². The summed E-state index contributed by atoms with van der Waals surface area (Å²) in [5.41, 5.74) is 1.14. The van der Waals surface area contributed by atoms with Crippen LogP contribution in [0.5, 0.6) is 5.75 Å². The average molecular weight is 289 g/mol. The molecule has 0 saturated carbocycles. The molecule has 1 aromatic heterocycles. The van der Waals surface area contributed by atoms with Gasteiger partial charge in [0.1, 0.15) is 11.8 Å². The lowest BCUT2D eigenvalue weighted by Gasteiger charge is -2.33. The number of hydrogen-bond acceptors (Lipinski definition) is 6. The van der Waals surface area contributed by atoms with Crippen LogP contribution < -0.4 is 4.74 Å². The number of aryl methyl sites for hydroxylation is 1. The Balaban J connectivity index is 1.81. The highest BCUT2D eigenvalue weighted by molar-refractivity contribution is 5.33. The molecule has 112 valence electrons. The first-order valence-corrected chi connectivity index (χ1v) is 7.02. The van der Waals surface area contributed by atoms with E-state index in [0.29, 0.717) is 24.9 Å². The summed E-state index contributed by atoms with van der Waals surface area (Å²) in [4.78, 5) is 6.62. The Hall–Kier alpha value is -1.92. The molecule has 0 unspecified atom stereocenters. The van der Waals surface area contributed by atoms with Gasteiger partial charge in [-0.15, -0.1) is 0 Å². The van der Waals surface area contributed by atoms with Crippen LogP contribution in [0.1, 0.15) is 23.3 Å². The normalized spacial score (nSPS) is 19.6. The van der Waals surface area contributed by atoms with Crippen LogP contribution in [0.3, 0.4) is 0 Å². The minimum absolute atomic E-state index is 0.00939. The Morgan fingerprint density at radius 2 is 2.24 bits per heavy atom. The molecular formula is C15H19N3O3. The van der Waals surface area contributed by atoms with Gasteiger partial charge in [0.2, 0.25) is 5.89 Å². The fourth-order valence-corrected chi connectivity index (χ4v) is 2.56. The number of hydrogen-bond donors (Lipinski definition) is 0. The first-order valence-electron chi connectivity index (χ1n) is 7.02. The summed E-state index contributed by atoms with van der Waals surface area (Å²) in [7, 11) is 1.69. The van der Waals surface area contributed by atoms with E-state index in [1.165, 1.54) is 0 Å². The second kappa shape index (κ2) is 6.24. The lowest BCUT2D eigenvalue weighted by molar-refractivity contribution is -0.0243. The van der Waals surface area contributed by atoms with Crippen molar-refractivity contribution in [1.82, 2.24) is 15.0 Å². The Morgan fingerprint density at radius 3 is 3.00 bits per heavy atom. The van der Waals surface area contributed by atoms with Crippen molar-refractivity contribution in [2.75, 3.05) is 26.9 Å². The molecule has 6 heteroatoms. The molecule has 1 saturated heterocycles. The highest BCUT2D eigenvalue weighted by atomic mass is 16.5. The van der Waals surface area contributed by atoms with Gasteiger partial charge in [0.25, 0.3) is 0 Å². The summed E-state index contributed by atoms with van der Waals surface area (Å²) in [6.45, 7) is 4.68. The molecule has 0 N–H and O–H groups in total. The second-order valence-electron chi connectivity index (χ2n) is 5.05. The van der Waals surface area contributed by atoms with E-state index in [0.717, 1.165) is 24.4 Å². The summed E-state index contributed by atoms with van der Waals surface area (Å²) in [5, 5.41) is 3.87. The molecule has 1 atom stereocenters. The van der Waals surface area contributed by atoms with Crippen molar-refractivity contribution in [3.63, 3.8) is 0 Å². The SMILES string of the molecule is COc1ccccc1CN1CCOC[C@H]1c1nc(C)no1. The third-order valence-electron chi connectivity index (χ3n) is 3.63. The summed E-state index contributed by atoms with van der Waals surface area (Å²) < 4.78 is 16.3. The topological polar surface area (TPSA) is 60.6 Å². The molecule has 1 fully saturated rings. The molecule has 0 amide bonds. The molecule has 0 bridgehead atoms. The Labute approximate surface area is 123 Å². The van der Waals surface area contributed by atoms with Gasteiger partial charge >= 0.3 is 0 Å². The van der Waals surface area contributed by atoms with E-state index in [1.54, 1.807) is 7.11 Å². The minimum atomic E-state index is -0.00939. The van der Waals surface area contributed by atoms with Crippen LogP contribution in [0.4, 0.5) is 0 Å². The van der Waals surface area contributed by atoms with Crippen LogP contribution >= 0.6 is 0 Å². The van der Waals surface area contributed by atoms with Crippen molar-refractivity contribution >= 4 is 0 Å². The van der Waals surface area contributed by atoms with Gasteiger partial charge in [0, 0.05) is 18.7 Å². The third kappa shape index (κ3) is 3.06. The molecule has 3 rings (SSSR count). The monoisotopic (exact) mass is 289 g/mol. The largest absolute Gasteiger partial charge is 0.496 e. The van der Waals surface area contributed by atoms with Crippen molar-refractivity contribution in [2.45, 2.75) is 19.5 Å². The zero-order chi connectivity index (χ0) is 14.7. The highest BCUT2D eigenvalue weighted by Gasteiger charge is 2.29. The molecule has 1 aliphatic rings. The number of morpholine rings is 1. The predicted octanol–water partition coefficient (Wildman–Crippen LogP) is 1.96. The molecule has 1 aliphatic heterocycles. The van der Waals surface area contributed by atoms with Crippen LogP contribution in [0.25, 0.3) is 0 Å². The van der Waals surface area contributed by atoms with E-state index in [1.807, 2.05) is 25.1 Å². The Kier molecular flexibility index (Phi) is 4.17. The summed E-state index contributed by atoms with van der Waals surface area (Å²) in [5.74, 6) is 2.15. The number of rotatable bonds is 4. The number of aromatic nitrogens is 2. The van der Waals surface area contributed by atoms with Crippen molar-refractivity contribution in [3.8, 4) is 5.75 Å². The van der Waals surface area contributed by atoms with Gasteiger partial charge < -0.3 is 14.0 Å². The van der Waals surface area contributed by atoms with Crippen LogP contribution in [-0.4, -0.2) is 41.9 Å². The number of benzene rings is 1. The molecule has 6 nitrogen and oxygen atoms in total. The Morgan fingerprint density at radius 1 is 1.38 bits per heavy atom. The lowest BCUT2D eigenvalue weighted by atomic mass is 10.1. The quantitative estimate of drug-likeness (QED) is 0.857. The number of para-hydroxylation sites is 1. The van der Waals surface area contributed by atoms with Gasteiger partial charge in [-0.1, -0.05) is 23.4 Å². The molecule has 0 radical (unpaired) electrons. The van der Waals surface area contributed by atoms with Crippen LogP contribution in [0.15, 0.2) is 28.8 Å². The smallest absolute Gasteiger partial charge is 0.246 e. The van der Waals surface area contributed by atoms with Crippen LogP contribution in [0, 0.1) is 6.92 Å². The zero-order valence-electron chi connectivity index (χ0n) is 12.3. The number of nitrogens with zero attached hydrogens (tertiary/aromatic N) is 3. The van der Waals surface area contributed by atoms with Crippen LogP contribution in [0.2, 0.25) is 0 Å². The van der Waals surface area contributed by atoms with E-state index in [4.69, 9.17) is 14.0 Å². The summed E-state index contributed by atoms with van der Waals surface area (Å²) in [6.07, 6.45) is 0. The van der Waals surface area contributed by atoms with Gasteiger partial charge in [-0.2, -0.15) is 4.98 Å². The predicted molar refractivity (Wildman–Crippen MR) is 76.0 cm³/mol. The van der Waals surface area contributed by atoms with E-state index < -0.39 is 0 Å². The maximum atomic E-state index is 5.57. The summed E-state index contributed by atoms with van der Waals surface area (Å²) >= 11 is 0. The second-order valence-corrected chi connectivity index (χ2v) is 5.05. The fourth-order valence-electron chi connectivity index (χ4n) is 2.56. The van der Waals surface area contributed by atoms with Gasteiger partial charge in [-0.25, -0.2) is 0 Å². The Bertz CT molecular complexity index is 599. The van der Waals surface area contributed by atoms with Crippen molar-refractivity contribution in [2.24, 2.45) is 0 Å². The van der Waals surface area contributed by atoms with E-state index in [-0.39, 0.29) is 6.04 Å². The van der Waals surface area contributed by atoms with Crippen molar-refractivity contribution in [1.29, 1.82) is 0 Å². The third-order valence-corrected chi connectivity index (χ3v) is 3.63. The summed E-state index contributed by atoms with van der Waals surface area (Å²) in [6, 6.07) is 8.03. The molecule has 0 spiro atoms. The van der Waals surface area contributed by atoms with Gasteiger partial charge in [-0.05, 0) is 13.0 Å². The van der Waals surface area contributed by atoms with Crippen LogP contribution in [-0.2, 0) is 11.3 Å². The molecule has 2 aromatic rings. The lowest BCUT2D eigenvalue weighted by Crippen LogP contribution is -2.39. The standard InChI is InChI=1S/C15H19N3O3/c1-11-16-15(21-17-11)13-10-20-8-7-18(13)9-12-5-3-4-6-14(12)19-2/h3-6,13H,7-10H2,1-2H3/t13-/m0/s1. The highest BCUT2D eigenvalue weighted by Crippen LogP contribution is 2.27. The molecular weight excluding hydrogens is 270 g/mol. The maximum Gasteiger partial charge on any atom is 0.246 e. The van der Waals surface area contributed by atoms with E-state index in [2.05, 4.69) is 21.1 Å². The number of methoxy groups -OCH3 is 1. The molecule has 2 heterocycles. The molecule has 0 aliphatic carbocycles. The van der Waals surface area contributed by atoms with Gasteiger partial charge in [0.05, 0.1) is 20.3 Å². The number of ether oxygens (including phenoxy) is 2. The molecule has 21 heavy (non-hydrogen) atoms. The fraction of sp³-hybridized carbons (Fsp3) is 0.467. The first-order chi connectivity index (χ1) is 10.3. The average Bonchev–Trinajstić information content (AvgIpc) is 2.95. The zero-order valence-corrected chi connectivity index (χ0v) is 12.3. The van der Waals surface area contributed by atoms with Crippen molar-refractivity contribution < 1.29 is 14.0 Å². The maximum absolute atomic E-state index is 5.57. The van der Waals surface area contributed by atoms with Gasteiger partial charge in [0.15, 0.2) is 5.82 Å².